The molecule has 0 bridgehead atoms. The Morgan fingerprint density at radius 2 is 1.52 bits per heavy atom. The van der Waals surface area contributed by atoms with E-state index in [4.69, 9.17) is 4.74 Å². The molecule has 0 unspecified atom stereocenters. The van der Waals surface area contributed by atoms with Crippen molar-refractivity contribution < 1.29 is 22.7 Å². The lowest BCUT2D eigenvalue weighted by Gasteiger charge is -2.11. The molecule has 5 heteroatoms. The van der Waals surface area contributed by atoms with Crippen LogP contribution in [-0.4, -0.2) is 6.29 Å². The zero-order valence-electron chi connectivity index (χ0n) is 13.0. The van der Waals surface area contributed by atoms with Crippen LogP contribution in [0.5, 0.6) is 5.75 Å². The Balaban J connectivity index is 1.93. The van der Waals surface area contributed by atoms with Crippen molar-refractivity contribution >= 4 is 6.29 Å². The smallest absolute Gasteiger partial charge is 0.194 e. The number of ether oxygens (including phenoxy) is 1. The minimum absolute atomic E-state index is 0.151. The average molecular weight is 342 g/mol. The van der Waals surface area contributed by atoms with Gasteiger partial charge in [-0.1, -0.05) is 36.4 Å². The summed E-state index contributed by atoms with van der Waals surface area (Å²) >= 11 is 0. The van der Waals surface area contributed by atoms with E-state index >= 15 is 0 Å². The van der Waals surface area contributed by atoms with Crippen molar-refractivity contribution in [2.45, 2.75) is 6.61 Å². The van der Waals surface area contributed by atoms with Crippen LogP contribution in [0.25, 0.3) is 11.1 Å². The van der Waals surface area contributed by atoms with Gasteiger partial charge in [0, 0.05) is 0 Å². The van der Waals surface area contributed by atoms with Crippen molar-refractivity contribution in [3.63, 3.8) is 0 Å². The van der Waals surface area contributed by atoms with Crippen molar-refractivity contribution in [2.75, 3.05) is 0 Å². The molecule has 0 N–H and O–H groups in total. The molecule has 0 aliphatic heterocycles. The molecular weight excluding hydrogens is 329 g/mol. The van der Waals surface area contributed by atoms with Gasteiger partial charge in [-0.2, -0.15) is 0 Å². The highest BCUT2D eigenvalue weighted by atomic mass is 19.2. The van der Waals surface area contributed by atoms with E-state index in [1.54, 1.807) is 0 Å². The predicted molar refractivity (Wildman–Crippen MR) is 87.9 cm³/mol. The number of carbonyl (C=O) groups is 1. The van der Waals surface area contributed by atoms with Gasteiger partial charge in [0.2, 0.25) is 0 Å². The van der Waals surface area contributed by atoms with E-state index in [2.05, 4.69) is 0 Å². The van der Waals surface area contributed by atoms with Gasteiger partial charge in [0.1, 0.15) is 12.4 Å². The first-order valence-corrected chi connectivity index (χ1v) is 7.49. The van der Waals surface area contributed by atoms with Crippen LogP contribution in [0.1, 0.15) is 15.9 Å². The van der Waals surface area contributed by atoms with E-state index in [1.807, 2.05) is 30.3 Å². The van der Waals surface area contributed by atoms with E-state index in [0.29, 0.717) is 17.4 Å². The average Bonchev–Trinajstić information content (AvgIpc) is 2.64. The first kappa shape index (κ1) is 16.8. The molecule has 0 fully saturated rings. The minimum atomic E-state index is -1.52. The van der Waals surface area contributed by atoms with E-state index in [0.717, 1.165) is 17.7 Å². The molecule has 0 aromatic heterocycles. The van der Waals surface area contributed by atoms with Crippen LogP contribution in [0.4, 0.5) is 13.2 Å². The number of rotatable bonds is 5. The third-order valence-corrected chi connectivity index (χ3v) is 3.69. The largest absolute Gasteiger partial charge is 0.488 e. The Labute approximate surface area is 142 Å². The molecular formula is C20H13F3O2. The minimum Gasteiger partial charge on any atom is -0.488 e. The lowest BCUT2D eigenvalue weighted by Crippen LogP contribution is -1.99. The molecule has 0 aliphatic carbocycles. The summed E-state index contributed by atoms with van der Waals surface area (Å²) in [5.41, 5.74) is 1.77. The molecule has 0 saturated heterocycles. The summed E-state index contributed by atoms with van der Waals surface area (Å²) < 4.78 is 45.7. The van der Waals surface area contributed by atoms with Gasteiger partial charge in [-0.15, -0.1) is 0 Å². The summed E-state index contributed by atoms with van der Waals surface area (Å²) in [6.07, 6.45) is 0.635. The van der Waals surface area contributed by atoms with Crippen molar-refractivity contribution in [1.82, 2.24) is 0 Å². The maximum absolute atomic E-state index is 13.4. The van der Waals surface area contributed by atoms with Crippen LogP contribution < -0.4 is 4.74 Å². The fraction of sp³-hybridized carbons (Fsp3) is 0.0500. The summed E-state index contributed by atoms with van der Waals surface area (Å²) in [4.78, 5) is 11.2. The molecule has 0 radical (unpaired) electrons. The maximum atomic E-state index is 13.4. The third-order valence-electron chi connectivity index (χ3n) is 3.69. The normalized spacial score (nSPS) is 10.5. The van der Waals surface area contributed by atoms with Crippen LogP contribution in [0.15, 0.2) is 60.7 Å². The molecule has 0 atom stereocenters. The Bertz CT molecular complexity index is 885. The van der Waals surface area contributed by atoms with E-state index in [9.17, 15) is 18.0 Å². The molecule has 2 nitrogen and oxygen atoms in total. The lowest BCUT2D eigenvalue weighted by atomic mass is 10.0. The number of halogens is 3. The summed E-state index contributed by atoms with van der Waals surface area (Å²) in [7, 11) is 0. The molecule has 3 aromatic rings. The molecule has 0 spiro atoms. The highest BCUT2D eigenvalue weighted by molar-refractivity contribution is 5.82. The zero-order valence-corrected chi connectivity index (χ0v) is 13.0. The standard InChI is InChI=1S/C20H13F3O2/c21-17-8-16(9-18(22)20(17)23)14-6-7-15(11-24)19(10-14)25-12-13-4-2-1-3-5-13/h1-11H,12H2. The van der Waals surface area contributed by atoms with E-state index in [-0.39, 0.29) is 17.9 Å². The first-order chi connectivity index (χ1) is 12.1. The third kappa shape index (κ3) is 3.71. The van der Waals surface area contributed by atoms with Crippen LogP contribution >= 0.6 is 0 Å². The summed E-state index contributed by atoms with van der Waals surface area (Å²) in [6.45, 7) is 0.233. The Morgan fingerprint density at radius 1 is 0.840 bits per heavy atom. The van der Waals surface area contributed by atoms with Crippen molar-refractivity contribution in [1.29, 1.82) is 0 Å². The summed E-state index contributed by atoms with van der Waals surface area (Å²) in [6, 6.07) is 15.6. The van der Waals surface area contributed by atoms with Gasteiger partial charge in [0.25, 0.3) is 0 Å². The van der Waals surface area contributed by atoms with Gasteiger partial charge in [-0.05, 0) is 41.0 Å². The molecule has 0 amide bonds. The van der Waals surface area contributed by atoms with Gasteiger partial charge < -0.3 is 4.74 Å². The highest BCUT2D eigenvalue weighted by Crippen LogP contribution is 2.29. The van der Waals surface area contributed by atoms with E-state index in [1.165, 1.54) is 18.2 Å². The van der Waals surface area contributed by atoms with Crippen LogP contribution in [0, 0.1) is 17.5 Å². The van der Waals surface area contributed by atoms with Crippen molar-refractivity contribution in [2.24, 2.45) is 0 Å². The summed E-state index contributed by atoms with van der Waals surface area (Å²) in [5, 5.41) is 0. The van der Waals surface area contributed by atoms with Crippen LogP contribution in [-0.2, 0) is 6.61 Å². The highest BCUT2D eigenvalue weighted by Gasteiger charge is 2.13. The number of carbonyl (C=O) groups excluding carboxylic acids is 1. The van der Waals surface area contributed by atoms with E-state index < -0.39 is 17.5 Å². The second kappa shape index (κ2) is 7.21. The molecule has 126 valence electrons. The van der Waals surface area contributed by atoms with Gasteiger partial charge in [-0.25, -0.2) is 13.2 Å². The van der Waals surface area contributed by atoms with Gasteiger partial charge >= 0.3 is 0 Å². The number of hydrogen-bond donors (Lipinski definition) is 0. The molecule has 0 aliphatic rings. The van der Waals surface area contributed by atoms with Gasteiger partial charge in [0.15, 0.2) is 23.7 Å². The summed E-state index contributed by atoms with van der Waals surface area (Å²) in [5.74, 6) is -3.79. The maximum Gasteiger partial charge on any atom is 0.194 e. The number of hydrogen-bond acceptors (Lipinski definition) is 2. The molecule has 0 saturated carbocycles. The molecule has 3 aromatic carbocycles. The quantitative estimate of drug-likeness (QED) is 0.473. The Hall–Kier alpha value is -3.08. The van der Waals surface area contributed by atoms with Crippen LogP contribution in [0.3, 0.4) is 0 Å². The van der Waals surface area contributed by atoms with Crippen molar-refractivity contribution in [3.8, 4) is 16.9 Å². The fourth-order valence-corrected chi connectivity index (χ4v) is 2.39. The second-order valence-corrected chi connectivity index (χ2v) is 5.40. The first-order valence-electron chi connectivity index (χ1n) is 7.49. The molecule has 25 heavy (non-hydrogen) atoms. The Kier molecular flexibility index (Phi) is 4.84. The monoisotopic (exact) mass is 342 g/mol. The van der Waals surface area contributed by atoms with Crippen molar-refractivity contribution in [3.05, 3.63) is 89.2 Å². The predicted octanol–water partition coefficient (Wildman–Crippen LogP) is 5.16. The van der Waals surface area contributed by atoms with Gasteiger partial charge in [0.05, 0.1) is 5.56 Å². The topological polar surface area (TPSA) is 26.3 Å². The Morgan fingerprint density at radius 3 is 2.16 bits per heavy atom. The lowest BCUT2D eigenvalue weighted by molar-refractivity contribution is 0.111. The molecule has 0 heterocycles. The number of benzene rings is 3. The van der Waals surface area contributed by atoms with Gasteiger partial charge in [-0.3, -0.25) is 4.79 Å². The SMILES string of the molecule is O=Cc1ccc(-c2cc(F)c(F)c(F)c2)cc1OCc1ccccc1. The second-order valence-electron chi connectivity index (χ2n) is 5.40. The molecule has 3 rings (SSSR count). The van der Waals surface area contributed by atoms with Crippen LogP contribution in [0.2, 0.25) is 0 Å². The number of aldehydes is 1. The zero-order chi connectivity index (χ0) is 17.8. The fourth-order valence-electron chi connectivity index (χ4n) is 2.39.